The van der Waals surface area contributed by atoms with Crippen LogP contribution in [0, 0.1) is 6.92 Å². The van der Waals surface area contributed by atoms with Gasteiger partial charge in [0.15, 0.2) is 0 Å². The molecule has 0 fully saturated rings. The van der Waals surface area contributed by atoms with E-state index >= 15 is 0 Å². The van der Waals surface area contributed by atoms with Crippen LogP contribution >= 0.6 is 11.6 Å². The van der Waals surface area contributed by atoms with Crippen LogP contribution < -0.4 is 5.73 Å². The zero-order valence-corrected chi connectivity index (χ0v) is 10.1. The van der Waals surface area contributed by atoms with Crippen molar-refractivity contribution in [3.05, 3.63) is 46.5 Å². The van der Waals surface area contributed by atoms with E-state index in [0.29, 0.717) is 0 Å². The molecule has 0 saturated carbocycles. The molecule has 1 rings (SSSR count). The molecule has 82 valence electrons. The quantitative estimate of drug-likeness (QED) is 0.768. The normalized spacial score (nSPS) is 12.5. The Morgan fingerprint density at radius 1 is 1.47 bits per heavy atom. The van der Waals surface area contributed by atoms with Gasteiger partial charge in [0.05, 0.1) is 0 Å². The third-order valence-electron chi connectivity index (χ3n) is 2.50. The van der Waals surface area contributed by atoms with Crippen molar-refractivity contribution in [1.82, 2.24) is 0 Å². The number of nitrogens with two attached hydrogens (primary N) is 1. The lowest BCUT2D eigenvalue weighted by atomic mass is 9.98. The molecule has 0 radical (unpaired) electrons. The van der Waals surface area contributed by atoms with Crippen molar-refractivity contribution in [3.63, 3.8) is 0 Å². The highest BCUT2D eigenvalue weighted by Gasteiger charge is 2.08. The zero-order chi connectivity index (χ0) is 11.4. The van der Waals surface area contributed by atoms with E-state index in [0.717, 1.165) is 29.0 Å². The van der Waals surface area contributed by atoms with Crippen LogP contribution in [0.25, 0.3) is 0 Å². The van der Waals surface area contributed by atoms with Gasteiger partial charge in [0, 0.05) is 11.1 Å². The van der Waals surface area contributed by atoms with Gasteiger partial charge in [-0.1, -0.05) is 36.7 Å². The molecular weight excluding hydrogens is 206 g/mol. The van der Waals surface area contributed by atoms with E-state index in [1.807, 2.05) is 19.1 Å². The van der Waals surface area contributed by atoms with E-state index in [1.54, 1.807) is 0 Å². The van der Waals surface area contributed by atoms with E-state index in [-0.39, 0.29) is 6.04 Å². The van der Waals surface area contributed by atoms with Crippen LogP contribution in [-0.2, 0) is 0 Å². The fourth-order valence-corrected chi connectivity index (χ4v) is 1.85. The average molecular weight is 224 g/mol. The van der Waals surface area contributed by atoms with Gasteiger partial charge in [0.2, 0.25) is 0 Å². The summed E-state index contributed by atoms with van der Waals surface area (Å²) in [6.07, 6.45) is 1.81. The molecule has 0 aliphatic carbocycles. The van der Waals surface area contributed by atoms with Crippen molar-refractivity contribution in [3.8, 4) is 0 Å². The highest BCUT2D eigenvalue weighted by molar-refractivity contribution is 6.30. The first-order chi connectivity index (χ1) is 7.02. The second-order valence-corrected chi connectivity index (χ2v) is 4.41. The molecule has 1 unspecified atom stereocenters. The summed E-state index contributed by atoms with van der Waals surface area (Å²) >= 11 is 5.99. The third-order valence-corrected chi connectivity index (χ3v) is 2.72. The Kier molecular flexibility index (Phi) is 4.37. The third kappa shape index (κ3) is 3.69. The van der Waals surface area contributed by atoms with Gasteiger partial charge in [-0.05, 0) is 43.0 Å². The number of halogens is 1. The molecule has 0 spiro atoms. The molecule has 0 heterocycles. The summed E-state index contributed by atoms with van der Waals surface area (Å²) < 4.78 is 0. The van der Waals surface area contributed by atoms with Crippen molar-refractivity contribution >= 4 is 11.6 Å². The number of hydrogen-bond acceptors (Lipinski definition) is 1. The molecule has 1 aromatic rings. The van der Waals surface area contributed by atoms with Gasteiger partial charge >= 0.3 is 0 Å². The molecule has 15 heavy (non-hydrogen) atoms. The largest absolute Gasteiger partial charge is 0.324 e. The summed E-state index contributed by atoms with van der Waals surface area (Å²) in [6.45, 7) is 8.09. The first-order valence-corrected chi connectivity index (χ1v) is 5.60. The maximum Gasteiger partial charge on any atom is 0.0411 e. The highest BCUT2D eigenvalue weighted by Crippen LogP contribution is 2.23. The zero-order valence-electron chi connectivity index (χ0n) is 9.39. The second-order valence-electron chi connectivity index (χ2n) is 3.98. The number of benzene rings is 1. The summed E-state index contributed by atoms with van der Waals surface area (Å²) in [5.41, 5.74) is 9.51. The Morgan fingerprint density at radius 2 is 2.13 bits per heavy atom. The van der Waals surface area contributed by atoms with Crippen LogP contribution in [0.1, 0.15) is 36.9 Å². The van der Waals surface area contributed by atoms with E-state index < -0.39 is 0 Å². The summed E-state index contributed by atoms with van der Waals surface area (Å²) in [5, 5.41) is 0.752. The minimum Gasteiger partial charge on any atom is -0.324 e. The van der Waals surface area contributed by atoms with Gasteiger partial charge in [-0.15, -0.1) is 0 Å². The minimum absolute atomic E-state index is 0.00912. The highest BCUT2D eigenvalue weighted by atomic mass is 35.5. The Hall–Kier alpha value is -0.790. The predicted molar refractivity (Wildman–Crippen MR) is 67.2 cm³/mol. The molecule has 0 aromatic heterocycles. The van der Waals surface area contributed by atoms with Crippen LogP contribution in [-0.4, -0.2) is 0 Å². The lowest BCUT2D eigenvalue weighted by Gasteiger charge is -2.14. The number of aryl methyl sites for hydroxylation is 1. The SMILES string of the molecule is C=C(CC)CC(N)c1cc(C)cc(Cl)c1. The van der Waals surface area contributed by atoms with Crippen LogP contribution in [0.4, 0.5) is 0 Å². The summed E-state index contributed by atoms with van der Waals surface area (Å²) in [4.78, 5) is 0. The standard InChI is InChI=1S/C13H18ClN/c1-4-9(2)7-13(15)11-5-10(3)6-12(14)8-11/h5-6,8,13H,2,4,7,15H2,1,3H3. The maximum absolute atomic E-state index is 6.09. The molecular formula is C13H18ClN. The Labute approximate surface area is 96.9 Å². The summed E-state index contributed by atoms with van der Waals surface area (Å²) in [7, 11) is 0. The van der Waals surface area contributed by atoms with Gasteiger partial charge in [-0.25, -0.2) is 0 Å². The van der Waals surface area contributed by atoms with Crippen LogP contribution in [0.2, 0.25) is 5.02 Å². The van der Waals surface area contributed by atoms with E-state index in [4.69, 9.17) is 17.3 Å². The van der Waals surface area contributed by atoms with Crippen molar-refractivity contribution in [2.75, 3.05) is 0 Å². The minimum atomic E-state index is 0.00912. The smallest absolute Gasteiger partial charge is 0.0411 e. The van der Waals surface area contributed by atoms with Crippen LogP contribution in [0.5, 0.6) is 0 Å². The van der Waals surface area contributed by atoms with Crippen LogP contribution in [0.15, 0.2) is 30.4 Å². The maximum atomic E-state index is 6.09. The topological polar surface area (TPSA) is 26.0 Å². The fourth-order valence-electron chi connectivity index (χ4n) is 1.55. The van der Waals surface area contributed by atoms with Crippen molar-refractivity contribution in [2.45, 2.75) is 32.7 Å². The van der Waals surface area contributed by atoms with E-state index in [1.165, 1.54) is 5.57 Å². The molecule has 1 atom stereocenters. The lowest BCUT2D eigenvalue weighted by molar-refractivity contribution is 0.700. The van der Waals surface area contributed by atoms with Gasteiger partial charge < -0.3 is 5.73 Å². The molecule has 0 aliphatic heterocycles. The summed E-state index contributed by atoms with van der Waals surface area (Å²) in [5.74, 6) is 0. The number of rotatable bonds is 4. The molecule has 2 N–H and O–H groups in total. The molecule has 0 saturated heterocycles. The molecule has 0 amide bonds. The van der Waals surface area contributed by atoms with Gasteiger partial charge in [0.1, 0.15) is 0 Å². The first kappa shape index (κ1) is 12.3. The molecule has 0 aliphatic rings. The average Bonchev–Trinajstić information content (AvgIpc) is 2.16. The molecule has 0 bridgehead atoms. The Bertz CT molecular complexity index is 337. The van der Waals surface area contributed by atoms with Crippen molar-refractivity contribution in [2.24, 2.45) is 5.73 Å². The second kappa shape index (κ2) is 5.34. The van der Waals surface area contributed by atoms with Crippen LogP contribution in [0.3, 0.4) is 0 Å². The predicted octanol–water partition coefficient (Wildman–Crippen LogP) is 4.00. The Morgan fingerprint density at radius 3 is 2.67 bits per heavy atom. The van der Waals surface area contributed by atoms with Gasteiger partial charge in [-0.3, -0.25) is 0 Å². The molecule has 2 heteroatoms. The van der Waals surface area contributed by atoms with E-state index in [9.17, 15) is 0 Å². The molecule has 1 nitrogen and oxygen atoms in total. The molecule has 1 aromatic carbocycles. The number of hydrogen-bond donors (Lipinski definition) is 1. The monoisotopic (exact) mass is 223 g/mol. The van der Waals surface area contributed by atoms with Crippen molar-refractivity contribution in [1.29, 1.82) is 0 Å². The van der Waals surface area contributed by atoms with E-state index in [2.05, 4.69) is 19.6 Å². The fraction of sp³-hybridized carbons (Fsp3) is 0.385. The summed E-state index contributed by atoms with van der Waals surface area (Å²) in [6, 6.07) is 5.96. The lowest BCUT2D eigenvalue weighted by Crippen LogP contribution is -2.11. The Balaban J connectivity index is 2.81. The van der Waals surface area contributed by atoms with Gasteiger partial charge in [0.25, 0.3) is 0 Å². The first-order valence-electron chi connectivity index (χ1n) is 5.22. The van der Waals surface area contributed by atoms with Gasteiger partial charge in [-0.2, -0.15) is 0 Å². The van der Waals surface area contributed by atoms with Crippen molar-refractivity contribution < 1.29 is 0 Å².